The van der Waals surface area contributed by atoms with Crippen molar-refractivity contribution in [3.05, 3.63) is 92.3 Å². The van der Waals surface area contributed by atoms with Crippen molar-refractivity contribution < 1.29 is 28.7 Å². The Kier molecular flexibility index (Phi) is 13.1. The molecule has 2 aliphatic heterocycles. The molecule has 2 aromatic rings. The average Bonchev–Trinajstić information content (AvgIpc) is 3.87. The van der Waals surface area contributed by atoms with E-state index in [0.717, 1.165) is 22.3 Å². The molecule has 3 N–H and O–H groups in total. The minimum Gasteiger partial charge on any atom is -0.460 e. The number of halogens is 1. The summed E-state index contributed by atoms with van der Waals surface area (Å²) in [4.78, 5) is 56.8. The minimum atomic E-state index is -1.10. The van der Waals surface area contributed by atoms with Gasteiger partial charge in [-0.25, -0.2) is 4.79 Å². The molecule has 4 rings (SSSR count). The number of esters is 1. The topological polar surface area (TPSA) is 175 Å². The molecule has 13 heteroatoms. The summed E-state index contributed by atoms with van der Waals surface area (Å²) >= 11 is 6.34. The maximum atomic E-state index is 13.7. The van der Waals surface area contributed by atoms with Gasteiger partial charge in [0.15, 0.2) is 0 Å². The predicted molar refractivity (Wildman–Crippen MR) is 190 cm³/mol. The van der Waals surface area contributed by atoms with Crippen LogP contribution in [-0.2, 0) is 41.6 Å². The summed E-state index contributed by atoms with van der Waals surface area (Å²) in [6, 6.07) is 11.2. The largest absolute Gasteiger partial charge is 0.460 e. The van der Waals surface area contributed by atoms with Crippen LogP contribution in [0.3, 0.4) is 0 Å². The monoisotopic (exact) mass is 706 g/mol. The number of nitrogens with one attached hydrogen (secondary N) is 3. The number of hydrogen-bond acceptors (Lipinski definition) is 7. The number of nitrogens with zero attached hydrogens (tertiary/aromatic N) is 3. The Bertz CT molecular complexity index is 1640. The fourth-order valence-corrected chi connectivity index (χ4v) is 6.02. The molecule has 2 heterocycles. The third kappa shape index (κ3) is 10.6. The van der Waals surface area contributed by atoms with Crippen molar-refractivity contribution in [1.29, 1.82) is 0 Å². The van der Waals surface area contributed by atoms with Crippen LogP contribution in [0.5, 0.6) is 0 Å². The number of benzene rings is 2. The van der Waals surface area contributed by atoms with Crippen LogP contribution in [0.15, 0.2) is 59.7 Å². The lowest BCUT2D eigenvalue weighted by Gasteiger charge is -2.30. The van der Waals surface area contributed by atoms with Gasteiger partial charge in [0, 0.05) is 35.2 Å². The summed E-state index contributed by atoms with van der Waals surface area (Å²) in [5, 5.41) is 12.6. The van der Waals surface area contributed by atoms with E-state index >= 15 is 0 Å². The van der Waals surface area contributed by atoms with E-state index in [1.165, 1.54) is 6.08 Å². The number of ether oxygens (including phenoxy) is 2. The van der Waals surface area contributed by atoms with Crippen LogP contribution in [0.25, 0.3) is 10.4 Å². The SMILES string of the molecule is Cc1ccc(C[C@H]2NC(=O)/C=C/C[C@@H]([C@H](C)[C@H]3O[C@@H]3c3ccc(CN=[N+]=[N-])cc3)OC(=O)[C@H](CC(C)C)NC(=O)C(C)(C)CNC2=O)cc1Cl. The van der Waals surface area contributed by atoms with Crippen molar-refractivity contribution in [3.63, 3.8) is 0 Å². The van der Waals surface area contributed by atoms with Gasteiger partial charge >= 0.3 is 5.97 Å². The Labute approximate surface area is 298 Å². The molecule has 12 nitrogen and oxygen atoms in total. The van der Waals surface area contributed by atoms with Crippen molar-refractivity contribution in [1.82, 2.24) is 16.0 Å². The van der Waals surface area contributed by atoms with Crippen molar-refractivity contribution in [3.8, 4) is 0 Å². The van der Waals surface area contributed by atoms with Gasteiger partial charge in [-0.2, -0.15) is 0 Å². The van der Waals surface area contributed by atoms with Gasteiger partial charge < -0.3 is 25.4 Å². The molecule has 1 fully saturated rings. The number of rotatable bonds is 9. The van der Waals surface area contributed by atoms with E-state index < -0.39 is 47.3 Å². The molecule has 6 atom stereocenters. The number of hydrogen-bond donors (Lipinski definition) is 3. The minimum absolute atomic E-state index is 0.0371. The molecule has 0 aliphatic carbocycles. The van der Waals surface area contributed by atoms with Gasteiger partial charge in [-0.05, 0) is 73.0 Å². The summed E-state index contributed by atoms with van der Waals surface area (Å²) in [6.07, 6.45) is 2.49. The Morgan fingerprint density at radius 3 is 2.38 bits per heavy atom. The molecule has 0 radical (unpaired) electrons. The molecule has 0 bridgehead atoms. The zero-order chi connectivity index (χ0) is 36.6. The molecule has 0 saturated carbocycles. The number of amides is 3. The number of carbonyl (C=O) groups excluding carboxylic acids is 4. The molecule has 2 aromatic carbocycles. The lowest BCUT2D eigenvalue weighted by Crippen LogP contribution is -2.54. The fourth-order valence-electron chi connectivity index (χ4n) is 5.82. The molecule has 0 unspecified atom stereocenters. The van der Waals surface area contributed by atoms with Gasteiger partial charge in [0.25, 0.3) is 0 Å². The van der Waals surface area contributed by atoms with E-state index in [4.69, 9.17) is 26.6 Å². The molecule has 2 aliphatic rings. The first-order valence-electron chi connectivity index (χ1n) is 16.9. The lowest BCUT2D eigenvalue weighted by atomic mass is 9.90. The van der Waals surface area contributed by atoms with Crippen molar-refractivity contribution in [2.45, 2.75) is 97.7 Å². The van der Waals surface area contributed by atoms with Crippen LogP contribution in [0.2, 0.25) is 5.02 Å². The Balaban J connectivity index is 1.59. The van der Waals surface area contributed by atoms with E-state index in [1.54, 1.807) is 26.0 Å². The smallest absolute Gasteiger partial charge is 0.328 e. The standard InChI is InChI=1S/C37H47ClN6O6/c1-21(2)16-29-35(47)49-30(23(4)32-33(50-32)26-14-12-24(13-15-26)19-41-44-39)8-7-9-31(45)42-28(18-25-11-10-22(3)27(38)17-25)34(46)40-20-37(5,6)36(48)43-29/h7,9-15,17,21,23,28-30,32-33H,8,16,18-20H2,1-6H3,(H,40,46)(H,42,45)(H,43,48)/b9-7+/t23-,28+,29-,30-,32+,33+/m0/s1. The lowest BCUT2D eigenvalue weighted by molar-refractivity contribution is -0.157. The van der Waals surface area contributed by atoms with E-state index in [0.29, 0.717) is 11.4 Å². The molecule has 0 spiro atoms. The average molecular weight is 707 g/mol. The molecule has 0 aromatic heterocycles. The van der Waals surface area contributed by atoms with Gasteiger partial charge in [0.2, 0.25) is 17.7 Å². The molecule has 3 amide bonds. The highest BCUT2D eigenvalue weighted by atomic mass is 35.5. The van der Waals surface area contributed by atoms with E-state index in [9.17, 15) is 19.2 Å². The molecular formula is C37H47ClN6O6. The zero-order valence-electron chi connectivity index (χ0n) is 29.4. The summed E-state index contributed by atoms with van der Waals surface area (Å²) in [7, 11) is 0. The maximum absolute atomic E-state index is 13.7. The first-order valence-corrected chi connectivity index (χ1v) is 17.3. The van der Waals surface area contributed by atoms with Crippen molar-refractivity contribution in [2.24, 2.45) is 22.4 Å². The van der Waals surface area contributed by atoms with E-state index in [1.807, 2.05) is 64.1 Å². The zero-order valence-corrected chi connectivity index (χ0v) is 30.2. The third-order valence-corrected chi connectivity index (χ3v) is 9.49. The highest BCUT2D eigenvalue weighted by Crippen LogP contribution is 2.45. The van der Waals surface area contributed by atoms with Crippen LogP contribution in [0.1, 0.15) is 75.8 Å². The van der Waals surface area contributed by atoms with Crippen molar-refractivity contribution in [2.75, 3.05) is 6.54 Å². The van der Waals surface area contributed by atoms with Crippen LogP contribution < -0.4 is 16.0 Å². The highest BCUT2D eigenvalue weighted by Gasteiger charge is 2.47. The Morgan fingerprint density at radius 1 is 1.02 bits per heavy atom. The van der Waals surface area contributed by atoms with Crippen LogP contribution in [0, 0.1) is 24.2 Å². The van der Waals surface area contributed by atoms with E-state index in [-0.39, 0.29) is 50.0 Å². The molecule has 268 valence electrons. The second-order valence-corrected chi connectivity index (χ2v) is 14.6. The van der Waals surface area contributed by atoms with Gasteiger partial charge in [0.05, 0.1) is 18.1 Å². The predicted octanol–water partition coefficient (Wildman–Crippen LogP) is 5.81. The van der Waals surface area contributed by atoms with E-state index in [2.05, 4.69) is 26.0 Å². The van der Waals surface area contributed by atoms with Gasteiger partial charge in [-0.3, -0.25) is 14.4 Å². The second-order valence-electron chi connectivity index (χ2n) is 14.2. The Morgan fingerprint density at radius 2 is 1.72 bits per heavy atom. The second kappa shape index (κ2) is 17.0. The Hall–Kier alpha value is -4.38. The first kappa shape index (κ1) is 38.4. The number of carbonyl (C=O) groups is 4. The quantitative estimate of drug-likeness (QED) is 0.0976. The highest BCUT2D eigenvalue weighted by molar-refractivity contribution is 6.31. The summed E-state index contributed by atoms with van der Waals surface area (Å²) in [5.41, 5.74) is 11.0. The van der Waals surface area contributed by atoms with Gasteiger partial charge in [-0.15, -0.1) is 0 Å². The molecule has 50 heavy (non-hydrogen) atoms. The number of aryl methyl sites for hydroxylation is 1. The van der Waals surface area contributed by atoms with Crippen LogP contribution in [0.4, 0.5) is 0 Å². The number of epoxide rings is 1. The number of azide groups is 1. The van der Waals surface area contributed by atoms with Gasteiger partial charge in [-0.1, -0.05) is 80.0 Å². The van der Waals surface area contributed by atoms with Crippen LogP contribution >= 0.6 is 11.6 Å². The summed E-state index contributed by atoms with van der Waals surface area (Å²) in [6.45, 7) is 11.3. The first-order chi connectivity index (χ1) is 23.7. The molecular weight excluding hydrogens is 660 g/mol. The normalized spacial score (nSPS) is 25.7. The van der Waals surface area contributed by atoms with Crippen LogP contribution in [-0.4, -0.2) is 54.5 Å². The molecule has 1 saturated heterocycles. The van der Waals surface area contributed by atoms with Gasteiger partial charge in [0.1, 0.15) is 24.3 Å². The third-order valence-electron chi connectivity index (χ3n) is 9.09. The fraction of sp³-hybridized carbons (Fsp3) is 0.514. The number of cyclic esters (lactones) is 1. The summed E-state index contributed by atoms with van der Waals surface area (Å²) in [5.74, 6) is -2.17. The maximum Gasteiger partial charge on any atom is 0.328 e. The van der Waals surface area contributed by atoms with Crippen molar-refractivity contribution >= 4 is 35.3 Å². The summed E-state index contributed by atoms with van der Waals surface area (Å²) < 4.78 is 12.2.